The van der Waals surface area contributed by atoms with Crippen LogP contribution in [0.1, 0.15) is 36.2 Å². The van der Waals surface area contributed by atoms with Crippen LogP contribution in [0.4, 0.5) is 10.2 Å². The van der Waals surface area contributed by atoms with Crippen LogP contribution in [-0.4, -0.2) is 74.8 Å². The van der Waals surface area contributed by atoms with Gasteiger partial charge in [0.1, 0.15) is 17.8 Å². The standard InChI is InChI=1S/C23H29FN6O/c1-4-28-6-5-18(20(24)13-28)19-8-21-16(7-14(19)2)10-25-30(21)23-9-22(26-15(3)27-23)29-11-17(31)12-29/h7-10,17-18,20,31H,4-6,11-13H2,1-3H3. The zero-order chi connectivity index (χ0) is 21.7. The van der Waals surface area contributed by atoms with Crippen LogP contribution in [0.3, 0.4) is 0 Å². The maximum atomic E-state index is 15.1. The lowest BCUT2D eigenvalue weighted by atomic mass is 9.85. The zero-order valence-electron chi connectivity index (χ0n) is 18.3. The smallest absolute Gasteiger partial charge is 0.159 e. The first-order valence-electron chi connectivity index (χ1n) is 11.1. The quantitative estimate of drug-likeness (QED) is 0.695. The minimum atomic E-state index is -0.869. The van der Waals surface area contributed by atoms with Gasteiger partial charge >= 0.3 is 0 Å². The fourth-order valence-corrected chi connectivity index (χ4v) is 4.84. The number of benzene rings is 1. The Morgan fingerprint density at radius 3 is 2.58 bits per heavy atom. The number of hydrogen-bond donors (Lipinski definition) is 1. The van der Waals surface area contributed by atoms with Gasteiger partial charge in [-0.1, -0.05) is 6.92 Å². The third kappa shape index (κ3) is 3.68. The third-order valence-corrected chi connectivity index (χ3v) is 6.64. The molecular formula is C23H29FN6O. The molecule has 4 heterocycles. The summed E-state index contributed by atoms with van der Waals surface area (Å²) < 4.78 is 16.9. The molecule has 2 atom stereocenters. The molecule has 2 aromatic heterocycles. The molecule has 0 amide bonds. The second-order valence-electron chi connectivity index (χ2n) is 8.82. The van der Waals surface area contributed by atoms with Gasteiger partial charge < -0.3 is 14.9 Å². The van der Waals surface area contributed by atoms with Crippen LogP contribution in [0.15, 0.2) is 24.4 Å². The molecule has 8 heteroatoms. The van der Waals surface area contributed by atoms with Gasteiger partial charge in [-0.3, -0.25) is 0 Å². The molecular weight excluding hydrogens is 395 g/mol. The number of alkyl halides is 1. The first kappa shape index (κ1) is 20.3. The van der Waals surface area contributed by atoms with E-state index in [-0.39, 0.29) is 12.0 Å². The molecule has 7 nitrogen and oxygen atoms in total. The topological polar surface area (TPSA) is 70.3 Å². The van der Waals surface area contributed by atoms with Gasteiger partial charge in [-0.05, 0) is 56.6 Å². The maximum absolute atomic E-state index is 15.1. The van der Waals surface area contributed by atoms with E-state index >= 15 is 4.39 Å². The van der Waals surface area contributed by atoms with E-state index in [0.717, 1.165) is 47.4 Å². The third-order valence-electron chi connectivity index (χ3n) is 6.64. The Kier molecular flexibility index (Phi) is 5.14. The van der Waals surface area contributed by atoms with Crippen molar-refractivity contribution in [3.63, 3.8) is 0 Å². The number of anilines is 1. The summed E-state index contributed by atoms with van der Waals surface area (Å²) in [6, 6.07) is 6.11. The van der Waals surface area contributed by atoms with E-state index < -0.39 is 6.17 Å². The Morgan fingerprint density at radius 2 is 1.87 bits per heavy atom. The Hall–Kier alpha value is -2.58. The van der Waals surface area contributed by atoms with Crippen LogP contribution in [-0.2, 0) is 0 Å². The Morgan fingerprint density at radius 1 is 1.10 bits per heavy atom. The summed E-state index contributed by atoms with van der Waals surface area (Å²) in [5.41, 5.74) is 3.10. The molecule has 5 rings (SSSR count). The molecule has 3 aromatic rings. The average Bonchev–Trinajstić information content (AvgIpc) is 3.13. The summed E-state index contributed by atoms with van der Waals surface area (Å²) in [4.78, 5) is 13.3. The number of rotatable bonds is 4. The molecule has 0 aliphatic carbocycles. The summed E-state index contributed by atoms with van der Waals surface area (Å²) in [6.45, 7) is 9.47. The van der Waals surface area contributed by atoms with E-state index in [0.29, 0.717) is 31.3 Å². The minimum absolute atomic E-state index is 0.0965. The number of piperidine rings is 1. The van der Waals surface area contributed by atoms with Gasteiger partial charge in [-0.2, -0.15) is 5.10 Å². The Balaban J connectivity index is 1.53. The number of likely N-dealkylation sites (tertiary alicyclic amines) is 1. The summed E-state index contributed by atoms with van der Waals surface area (Å²) in [6.07, 6.45) is 1.49. The second-order valence-corrected chi connectivity index (χ2v) is 8.82. The molecule has 2 saturated heterocycles. The van der Waals surface area contributed by atoms with Crippen LogP contribution in [0.2, 0.25) is 0 Å². The molecule has 164 valence electrons. The molecule has 1 aromatic carbocycles. The highest BCUT2D eigenvalue weighted by Gasteiger charge is 2.31. The monoisotopic (exact) mass is 424 g/mol. The van der Waals surface area contributed by atoms with Crippen molar-refractivity contribution in [1.82, 2.24) is 24.6 Å². The molecule has 1 N–H and O–H groups in total. The fourth-order valence-electron chi connectivity index (χ4n) is 4.84. The van der Waals surface area contributed by atoms with E-state index in [1.807, 2.05) is 28.8 Å². The molecule has 31 heavy (non-hydrogen) atoms. The van der Waals surface area contributed by atoms with Crippen molar-refractivity contribution < 1.29 is 9.50 Å². The molecule has 0 saturated carbocycles. The molecule has 2 unspecified atom stereocenters. The van der Waals surface area contributed by atoms with Gasteiger partial charge in [0.15, 0.2) is 5.82 Å². The highest BCUT2D eigenvalue weighted by Crippen LogP contribution is 2.35. The summed E-state index contributed by atoms with van der Waals surface area (Å²) in [7, 11) is 0. The van der Waals surface area contributed by atoms with Crippen molar-refractivity contribution in [1.29, 1.82) is 0 Å². The Labute approximate surface area is 181 Å². The highest BCUT2D eigenvalue weighted by molar-refractivity contribution is 5.82. The summed E-state index contributed by atoms with van der Waals surface area (Å²) >= 11 is 0. The lowest BCUT2D eigenvalue weighted by Gasteiger charge is -2.37. The zero-order valence-corrected chi connectivity index (χ0v) is 18.3. The molecule has 0 spiro atoms. The largest absolute Gasteiger partial charge is 0.389 e. The van der Waals surface area contributed by atoms with Gasteiger partial charge in [0, 0.05) is 37.0 Å². The second kappa shape index (κ2) is 7.84. The SMILES string of the molecule is CCN1CCC(c2cc3c(cnn3-c3cc(N4CC(O)C4)nc(C)n3)cc2C)C(F)C1. The van der Waals surface area contributed by atoms with Crippen LogP contribution in [0, 0.1) is 13.8 Å². The molecule has 0 bridgehead atoms. The molecule has 2 aliphatic heterocycles. The Bertz CT molecular complexity index is 1110. The number of halogens is 1. The van der Waals surface area contributed by atoms with Crippen LogP contribution < -0.4 is 4.90 Å². The fraction of sp³-hybridized carbons (Fsp3) is 0.522. The predicted octanol–water partition coefficient (Wildman–Crippen LogP) is 2.76. The van der Waals surface area contributed by atoms with Crippen molar-refractivity contribution >= 4 is 16.7 Å². The van der Waals surface area contributed by atoms with Gasteiger partial charge in [0.25, 0.3) is 0 Å². The van der Waals surface area contributed by atoms with Crippen LogP contribution in [0.5, 0.6) is 0 Å². The van der Waals surface area contributed by atoms with Gasteiger partial charge in [-0.25, -0.2) is 19.0 Å². The van der Waals surface area contributed by atoms with E-state index in [9.17, 15) is 5.11 Å². The van der Waals surface area contributed by atoms with Gasteiger partial charge in [0.05, 0.1) is 17.8 Å². The predicted molar refractivity (Wildman–Crippen MR) is 119 cm³/mol. The molecule has 2 aliphatic rings. The van der Waals surface area contributed by atoms with Crippen molar-refractivity contribution in [2.45, 2.75) is 45.4 Å². The minimum Gasteiger partial charge on any atom is -0.389 e. The number of β-amino-alcohol motifs (C(OH)–C–C–N with tert-alkyl or cyclic N) is 1. The van der Waals surface area contributed by atoms with Crippen molar-refractivity contribution in [2.75, 3.05) is 37.6 Å². The molecule has 2 fully saturated rings. The van der Waals surface area contributed by atoms with Crippen molar-refractivity contribution in [2.24, 2.45) is 0 Å². The van der Waals surface area contributed by atoms with E-state index in [2.05, 4.69) is 45.9 Å². The highest BCUT2D eigenvalue weighted by atomic mass is 19.1. The van der Waals surface area contributed by atoms with Gasteiger partial charge in [0.2, 0.25) is 0 Å². The lowest BCUT2D eigenvalue weighted by molar-refractivity contribution is 0.122. The number of aryl methyl sites for hydroxylation is 2. The van der Waals surface area contributed by atoms with Gasteiger partial charge in [-0.15, -0.1) is 0 Å². The number of nitrogens with zero attached hydrogens (tertiary/aromatic N) is 6. The summed E-state index contributed by atoms with van der Waals surface area (Å²) in [5, 5.41) is 15.2. The maximum Gasteiger partial charge on any atom is 0.159 e. The normalized spacial score (nSPS) is 22.8. The van der Waals surface area contributed by atoms with Crippen molar-refractivity contribution in [3.8, 4) is 5.82 Å². The number of aliphatic hydroxyl groups excluding tert-OH is 1. The molecule has 0 radical (unpaired) electrons. The summed E-state index contributed by atoms with van der Waals surface area (Å²) in [5.74, 6) is 2.03. The number of hydrogen-bond acceptors (Lipinski definition) is 6. The van der Waals surface area contributed by atoms with Crippen LogP contribution in [0.25, 0.3) is 16.7 Å². The number of aromatic nitrogens is 4. The average molecular weight is 425 g/mol. The van der Waals surface area contributed by atoms with E-state index in [4.69, 9.17) is 0 Å². The number of fused-ring (bicyclic) bond motifs is 1. The number of aliphatic hydroxyl groups is 1. The van der Waals surface area contributed by atoms with E-state index in [1.165, 1.54) is 0 Å². The van der Waals surface area contributed by atoms with E-state index in [1.54, 1.807) is 0 Å². The van der Waals surface area contributed by atoms with Crippen LogP contribution >= 0.6 is 0 Å². The lowest BCUT2D eigenvalue weighted by Crippen LogP contribution is -2.51. The van der Waals surface area contributed by atoms with Crippen molar-refractivity contribution in [3.05, 3.63) is 41.3 Å². The first-order chi connectivity index (χ1) is 14.9. The first-order valence-corrected chi connectivity index (χ1v) is 11.1.